The van der Waals surface area contributed by atoms with E-state index in [-0.39, 0.29) is 63.6 Å². The summed E-state index contributed by atoms with van der Waals surface area (Å²) in [7, 11) is -4.80. The largest absolute Gasteiger partial charge is 1.00 e. The molecule has 0 amide bonds. The zero-order chi connectivity index (χ0) is 16.0. The molecule has 0 heterocycles. The zero-order valence-corrected chi connectivity index (χ0v) is 17.6. The molecule has 1 N–H and O–H groups in total. The second kappa shape index (κ2) is 10.7. The first kappa shape index (κ1) is 22.9. The smallest absolute Gasteiger partial charge is 0.776 e. The first-order valence-corrected chi connectivity index (χ1v) is 8.50. The Morgan fingerprint density at radius 2 is 1.95 bits per heavy atom. The fourth-order valence-corrected chi connectivity index (χ4v) is 2.51. The SMILES string of the molecule is CCCC(OC(=O)C(Cl)Oc1ccc(Cl)cc1)P(=O)([O-])O.[K+]. The van der Waals surface area contributed by atoms with E-state index in [1.165, 1.54) is 24.3 Å². The summed E-state index contributed by atoms with van der Waals surface area (Å²) in [6.45, 7) is 1.68. The molecule has 0 aromatic heterocycles. The molecule has 118 valence electrons. The van der Waals surface area contributed by atoms with Crippen LogP contribution in [0.3, 0.4) is 0 Å². The first-order chi connectivity index (χ1) is 9.74. The van der Waals surface area contributed by atoms with Gasteiger partial charge < -0.3 is 23.8 Å². The molecule has 6 nitrogen and oxygen atoms in total. The number of alkyl halides is 1. The minimum atomic E-state index is -4.80. The van der Waals surface area contributed by atoms with Crippen LogP contribution in [0, 0.1) is 0 Å². The van der Waals surface area contributed by atoms with E-state index in [2.05, 4.69) is 4.74 Å². The molecule has 10 heteroatoms. The maximum Gasteiger partial charge on any atom is 1.00 e. The monoisotopic (exact) mass is 394 g/mol. The molecule has 0 fully saturated rings. The van der Waals surface area contributed by atoms with Gasteiger partial charge in [-0.1, -0.05) is 36.5 Å². The molecule has 22 heavy (non-hydrogen) atoms. The van der Waals surface area contributed by atoms with E-state index >= 15 is 0 Å². The Morgan fingerprint density at radius 1 is 1.41 bits per heavy atom. The third kappa shape index (κ3) is 8.10. The Morgan fingerprint density at radius 3 is 2.41 bits per heavy atom. The van der Waals surface area contributed by atoms with Crippen molar-refractivity contribution >= 4 is 36.8 Å². The predicted octanol–water partition coefficient (Wildman–Crippen LogP) is -0.497. The Kier molecular flexibility index (Phi) is 11.1. The molecule has 0 aliphatic carbocycles. The van der Waals surface area contributed by atoms with Gasteiger partial charge in [0.2, 0.25) is 0 Å². The van der Waals surface area contributed by atoms with Gasteiger partial charge in [-0.05, 0) is 30.7 Å². The Hall–Kier alpha value is 0.856. The number of rotatable bonds is 7. The van der Waals surface area contributed by atoms with E-state index in [0.29, 0.717) is 11.4 Å². The number of benzene rings is 1. The summed E-state index contributed by atoms with van der Waals surface area (Å²) < 4.78 is 20.8. The summed E-state index contributed by atoms with van der Waals surface area (Å²) in [6.07, 6.45) is 0.364. The summed E-state index contributed by atoms with van der Waals surface area (Å²) in [5.41, 5.74) is -1.54. The number of hydrogen-bond acceptors (Lipinski definition) is 5. The summed E-state index contributed by atoms with van der Waals surface area (Å²) in [5, 5.41) is 0.478. The minimum absolute atomic E-state index is 0. The van der Waals surface area contributed by atoms with Gasteiger partial charge in [0.05, 0.1) is 0 Å². The van der Waals surface area contributed by atoms with E-state index in [4.69, 9.17) is 32.8 Å². The summed E-state index contributed by atoms with van der Waals surface area (Å²) in [6, 6.07) is 6.04. The number of carbonyl (C=O) groups excluding carboxylic acids is 1. The molecule has 0 radical (unpaired) electrons. The van der Waals surface area contributed by atoms with Crippen molar-refractivity contribution in [2.24, 2.45) is 0 Å². The number of ether oxygens (including phenoxy) is 2. The normalized spacial score (nSPS) is 15.9. The van der Waals surface area contributed by atoms with E-state index in [1.807, 2.05) is 0 Å². The summed E-state index contributed by atoms with van der Waals surface area (Å²) >= 11 is 11.4. The molecule has 1 aromatic rings. The van der Waals surface area contributed by atoms with Crippen LogP contribution < -0.4 is 61.0 Å². The molecule has 1 rings (SSSR count). The van der Waals surface area contributed by atoms with Crippen molar-refractivity contribution in [1.82, 2.24) is 0 Å². The molecule has 3 unspecified atom stereocenters. The van der Waals surface area contributed by atoms with Crippen LogP contribution in [0.25, 0.3) is 0 Å². The molecule has 0 saturated heterocycles. The third-order valence-corrected chi connectivity index (χ3v) is 4.00. The molecular weight excluding hydrogens is 381 g/mol. The second-order valence-corrected chi connectivity index (χ2v) is 6.67. The number of esters is 1. The standard InChI is InChI=1S/C12H15Cl2O6P.K/c1-2-3-10(21(16,17)18)20-12(15)11(14)19-9-6-4-8(13)5-7-9;/h4-7,10-11H,2-3H2,1H3,(H2,16,17,18);/q;+1/p-1. The van der Waals surface area contributed by atoms with Crippen LogP contribution in [0.2, 0.25) is 5.02 Å². The Balaban J connectivity index is 0.00000441. The number of halogens is 2. The first-order valence-electron chi connectivity index (χ1n) is 6.04. The zero-order valence-electron chi connectivity index (χ0n) is 12.1. The summed E-state index contributed by atoms with van der Waals surface area (Å²) in [5.74, 6) is -2.47. The molecule has 0 bridgehead atoms. The van der Waals surface area contributed by atoms with Crippen molar-refractivity contribution in [2.45, 2.75) is 31.2 Å². The Labute approximate surface area is 181 Å². The molecular formula is C12H14Cl2KO6P. The van der Waals surface area contributed by atoms with Gasteiger partial charge in [0.15, 0.2) is 13.4 Å². The van der Waals surface area contributed by atoms with E-state index in [9.17, 15) is 14.3 Å². The third-order valence-electron chi connectivity index (χ3n) is 2.39. The number of carbonyl (C=O) groups is 1. The van der Waals surface area contributed by atoms with Crippen LogP contribution in [-0.4, -0.2) is 22.3 Å². The van der Waals surface area contributed by atoms with Crippen molar-refractivity contribution in [3.8, 4) is 5.75 Å². The van der Waals surface area contributed by atoms with Gasteiger partial charge in [0.25, 0.3) is 5.56 Å². The molecule has 3 atom stereocenters. The van der Waals surface area contributed by atoms with E-state index in [1.54, 1.807) is 6.92 Å². The fraction of sp³-hybridized carbons (Fsp3) is 0.417. The van der Waals surface area contributed by atoms with Crippen LogP contribution in [0.5, 0.6) is 5.75 Å². The van der Waals surface area contributed by atoms with Crippen molar-refractivity contribution in [3.05, 3.63) is 29.3 Å². The van der Waals surface area contributed by atoms with Crippen LogP contribution in [0.15, 0.2) is 24.3 Å². The molecule has 0 spiro atoms. The average molecular weight is 395 g/mol. The predicted molar refractivity (Wildman–Crippen MR) is 76.3 cm³/mol. The van der Waals surface area contributed by atoms with Crippen LogP contribution in [-0.2, 0) is 14.1 Å². The maximum atomic E-state index is 11.7. The van der Waals surface area contributed by atoms with Gasteiger partial charge in [-0.3, -0.25) is 0 Å². The van der Waals surface area contributed by atoms with Crippen LogP contribution >= 0.6 is 30.8 Å². The van der Waals surface area contributed by atoms with Gasteiger partial charge in [-0.15, -0.1) is 0 Å². The topological polar surface area (TPSA) is 95.9 Å². The number of hydrogen-bond donors (Lipinski definition) is 1. The van der Waals surface area contributed by atoms with Crippen molar-refractivity contribution in [1.29, 1.82) is 0 Å². The molecule has 1 aromatic carbocycles. The van der Waals surface area contributed by atoms with E-state index in [0.717, 1.165) is 0 Å². The quantitative estimate of drug-likeness (QED) is 0.290. The summed E-state index contributed by atoms with van der Waals surface area (Å²) in [4.78, 5) is 31.7. The van der Waals surface area contributed by atoms with Crippen LogP contribution in [0.1, 0.15) is 19.8 Å². The molecule has 0 saturated carbocycles. The Bertz CT molecular complexity index is 521. The van der Waals surface area contributed by atoms with Crippen molar-refractivity contribution < 1.29 is 80.0 Å². The van der Waals surface area contributed by atoms with Crippen molar-refractivity contribution in [2.75, 3.05) is 0 Å². The van der Waals surface area contributed by atoms with Gasteiger partial charge in [0.1, 0.15) is 5.75 Å². The maximum absolute atomic E-state index is 11.7. The molecule has 0 aliphatic rings. The van der Waals surface area contributed by atoms with E-state index < -0.39 is 25.0 Å². The van der Waals surface area contributed by atoms with Gasteiger partial charge in [-0.25, -0.2) is 4.79 Å². The van der Waals surface area contributed by atoms with Crippen molar-refractivity contribution in [3.63, 3.8) is 0 Å². The van der Waals surface area contributed by atoms with Gasteiger partial charge in [0, 0.05) is 5.02 Å². The average Bonchev–Trinajstić information content (AvgIpc) is 2.39. The molecule has 0 aliphatic heterocycles. The van der Waals surface area contributed by atoms with Crippen LogP contribution in [0.4, 0.5) is 0 Å². The van der Waals surface area contributed by atoms with Gasteiger partial charge >= 0.3 is 57.4 Å². The second-order valence-electron chi connectivity index (χ2n) is 4.13. The van der Waals surface area contributed by atoms with Gasteiger partial charge in [-0.2, -0.15) is 0 Å². The fourth-order valence-electron chi connectivity index (χ4n) is 1.40. The minimum Gasteiger partial charge on any atom is -0.776 e.